The van der Waals surface area contributed by atoms with Gasteiger partial charge in [-0.15, -0.1) is 0 Å². The molecule has 0 saturated heterocycles. The van der Waals surface area contributed by atoms with E-state index in [0.29, 0.717) is 27.3 Å². The number of ether oxygens (including phenoxy) is 1. The fourth-order valence-corrected chi connectivity index (χ4v) is 3.49. The average Bonchev–Trinajstić information content (AvgIpc) is 2.87. The summed E-state index contributed by atoms with van der Waals surface area (Å²) in [4.78, 5) is 27.3. The van der Waals surface area contributed by atoms with Gasteiger partial charge in [0, 0.05) is 17.6 Å². The molecule has 0 saturated carbocycles. The van der Waals surface area contributed by atoms with Crippen LogP contribution in [0.1, 0.15) is 27.7 Å². The average molecular weight is 356 g/mol. The van der Waals surface area contributed by atoms with E-state index in [-0.39, 0.29) is 17.1 Å². The van der Waals surface area contributed by atoms with E-state index in [2.05, 4.69) is 0 Å². The van der Waals surface area contributed by atoms with Gasteiger partial charge in [-0.1, -0.05) is 29.8 Å². The largest absolute Gasteiger partial charge is 0.496 e. The van der Waals surface area contributed by atoms with Crippen LogP contribution in [0.5, 0.6) is 5.75 Å². The number of rotatable bonds is 2. The maximum Gasteiger partial charge on any atom is 0.290 e. The van der Waals surface area contributed by atoms with Crippen molar-refractivity contribution in [3.8, 4) is 5.75 Å². The summed E-state index contributed by atoms with van der Waals surface area (Å²) in [6.07, 6.45) is 0. The zero-order valence-corrected chi connectivity index (χ0v) is 14.3. The van der Waals surface area contributed by atoms with E-state index >= 15 is 0 Å². The lowest BCUT2D eigenvalue weighted by molar-refractivity contribution is 0.0770. The normalized spacial score (nSPS) is 16.4. The minimum atomic E-state index is -0.571. The van der Waals surface area contributed by atoms with E-state index in [9.17, 15) is 9.59 Å². The summed E-state index contributed by atoms with van der Waals surface area (Å²) in [7, 11) is 3.20. The summed E-state index contributed by atoms with van der Waals surface area (Å²) >= 11 is 6.02. The summed E-state index contributed by atoms with van der Waals surface area (Å²) in [5, 5.41) is 0.792. The molecule has 0 bridgehead atoms. The van der Waals surface area contributed by atoms with Crippen LogP contribution >= 0.6 is 11.6 Å². The van der Waals surface area contributed by atoms with Gasteiger partial charge in [0.05, 0.1) is 24.1 Å². The summed E-state index contributed by atoms with van der Waals surface area (Å²) in [5.41, 5.74) is 1.13. The third-order valence-electron chi connectivity index (χ3n) is 4.50. The molecule has 0 fully saturated rings. The lowest BCUT2D eigenvalue weighted by Crippen LogP contribution is -2.25. The molecule has 1 atom stereocenters. The Bertz CT molecular complexity index is 1070. The number of amides is 1. The van der Waals surface area contributed by atoms with Crippen LogP contribution in [0.3, 0.4) is 0 Å². The summed E-state index contributed by atoms with van der Waals surface area (Å²) in [6, 6.07) is 11.5. The fourth-order valence-electron chi connectivity index (χ4n) is 3.32. The molecule has 0 radical (unpaired) electrons. The minimum Gasteiger partial charge on any atom is -0.496 e. The maximum atomic E-state index is 13.1. The van der Waals surface area contributed by atoms with Gasteiger partial charge in [0.25, 0.3) is 5.91 Å². The number of hydrogen-bond donors (Lipinski definition) is 0. The van der Waals surface area contributed by atoms with Gasteiger partial charge in [0.1, 0.15) is 11.3 Å². The second kappa shape index (κ2) is 5.63. The molecule has 0 N–H and O–H groups in total. The molecule has 1 aromatic heterocycles. The minimum absolute atomic E-state index is 0.0678. The number of para-hydroxylation sites is 1. The van der Waals surface area contributed by atoms with Gasteiger partial charge in [0.15, 0.2) is 5.43 Å². The number of carbonyl (C=O) groups is 1. The lowest BCUT2D eigenvalue weighted by atomic mass is 9.98. The zero-order chi connectivity index (χ0) is 17.7. The predicted molar refractivity (Wildman–Crippen MR) is 94.4 cm³/mol. The Balaban J connectivity index is 2.06. The third-order valence-corrected chi connectivity index (χ3v) is 4.73. The first-order chi connectivity index (χ1) is 12.0. The predicted octanol–water partition coefficient (Wildman–Crippen LogP) is 3.63. The molecule has 1 aliphatic rings. The molecule has 0 aliphatic carbocycles. The smallest absolute Gasteiger partial charge is 0.290 e. The van der Waals surface area contributed by atoms with Crippen LogP contribution in [-0.4, -0.2) is 25.0 Å². The molecule has 5 nitrogen and oxygen atoms in total. The Morgan fingerprint density at radius 1 is 1.16 bits per heavy atom. The number of nitrogens with zero attached hydrogens (tertiary/aromatic N) is 1. The van der Waals surface area contributed by atoms with E-state index in [1.54, 1.807) is 38.4 Å². The van der Waals surface area contributed by atoms with Crippen molar-refractivity contribution in [2.24, 2.45) is 0 Å². The van der Waals surface area contributed by atoms with Crippen molar-refractivity contribution in [1.29, 1.82) is 0 Å². The van der Waals surface area contributed by atoms with Gasteiger partial charge in [-0.05, 0) is 24.3 Å². The molecule has 0 unspecified atom stereocenters. The highest BCUT2D eigenvalue weighted by Crippen LogP contribution is 2.40. The van der Waals surface area contributed by atoms with Crippen molar-refractivity contribution in [3.05, 3.63) is 74.6 Å². The highest BCUT2D eigenvalue weighted by Gasteiger charge is 2.41. The van der Waals surface area contributed by atoms with E-state index in [4.69, 9.17) is 20.8 Å². The standard InChI is InChI=1S/C19H14ClNO4/c1-21-16(11-5-3-4-6-13(11)24-2)15-17(22)12-9-10(20)7-8-14(12)25-18(15)19(21)23/h3-9,16H,1-2H3/t16-/m0/s1. The highest BCUT2D eigenvalue weighted by atomic mass is 35.5. The van der Waals surface area contributed by atoms with Crippen molar-refractivity contribution < 1.29 is 13.9 Å². The topological polar surface area (TPSA) is 59.8 Å². The molecule has 126 valence electrons. The van der Waals surface area contributed by atoms with Crippen molar-refractivity contribution >= 4 is 28.5 Å². The SMILES string of the molecule is COc1ccccc1[C@H]1c2c(oc3ccc(Cl)cc3c2=O)C(=O)N1C. The summed E-state index contributed by atoms with van der Waals surface area (Å²) in [6.45, 7) is 0. The second-order valence-corrected chi connectivity index (χ2v) is 6.31. The molecular formula is C19H14ClNO4. The van der Waals surface area contributed by atoms with E-state index < -0.39 is 6.04 Å². The maximum absolute atomic E-state index is 13.1. The molecule has 25 heavy (non-hydrogen) atoms. The Morgan fingerprint density at radius 2 is 1.92 bits per heavy atom. The highest BCUT2D eigenvalue weighted by molar-refractivity contribution is 6.31. The molecule has 1 aliphatic heterocycles. The number of fused-ring (bicyclic) bond motifs is 2. The van der Waals surface area contributed by atoms with Gasteiger partial charge >= 0.3 is 0 Å². The van der Waals surface area contributed by atoms with Crippen molar-refractivity contribution in [1.82, 2.24) is 4.90 Å². The third kappa shape index (κ3) is 2.23. The number of methoxy groups -OCH3 is 1. The summed E-state index contributed by atoms with van der Waals surface area (Å²) < 4.78 is 11.2. The van der Waals surface area contributed by atoms with Crippen molar-refractivity contribution in [2.75, 3.05) is 14.2 Å². The molecule has 2 aromatic carbocycles. The van der Waals surface area contributed by atoms with Crippen LogP contribution in [0.4, 0.5) is 0 Å². The monoisotopic (exact) mass is 355 g/mol. The first-order valence-corrected chi connectivity index (χ1v) is 8.07. The van der Waals surface area contributed by atoms with Crippen LogP contribution < -0.4 is 10.2 Å². The fraction of sp³-hybridized carbons (Fsp3) is 0.158. The quantitative estimate of drug-likeness (QED) is 0.704. The van der Waals surface area contributed by atoms with Crippen molar-refractivity contribution in [3.63, 3.8) is 0 Å². The number of hydrogen-bond acceptors (Lipinski definition) is 4. The first-order valence-electron chi connectivity index (χ1n) is 7.69. The van der Waals surface area contributed by atoms with E-state index in [1.807, 2.05) is 18.2 Å². The molecule has 3 aromatic rings. The number of benzene rings is 2. The van der Waals surface area contributed by atoms with Crippen LogP contribution in [0, 0.1) is 0 Å². The van der Waals surface area contributed by atoms with Gasteiger partial charge < -0.3 is 14.1 Å². The number of carbonyl (C=O) groups excluding carboxylic acids is 1. The lowest BCUT2D eigenvalue weighted by Gasteiger charge is -2.22. The molecular weight excluding hydrogens is 342 g/mol. The first kappa shape index (κ1) is 15.7. The van der Waals surface area contributed by atoms with Crippen LogP contribution in [-0.2, 0) is 0 Å². The zero-order valence-electron chi connectivity index (χ0n) is 13.6. The molecule has 1 amide bonds. The van der Waals surface area contributed by atoms with E-state index in [1.165, 1.54) is 4.90 Å². The van der Waals surface area contributed by atoms with Crippen LogP contribution in [0.2, 0.25) is 5.02 Å². The Hall–Kier alpha value is -2.79. The van der Waals surface area contributed by atoms with Gasteiger partial charge in [-0.25, -0.2) is 0 Å². The second-order valence-electron chi connectivity index (χ2n) is 5.88. The Labute approximate surface area is 148 Å². The van der Waals surface area contributed by atoms with Gasteiger partial charge in [0.2, 0.25) is 5.76 Å². The molecule has 0 spiro atoms. The van der Waals surface area contributed by atoms with Crippen LogP contribution in [0.15, 0.2) is 51.7 Å². The van der Waals surface area contributed by atoms with Gasteiger partial charge in [-0.3, -0.25) is 9.59 Å². The van der Waals surface area contributed by atoms with Gasteiger partial charge in [-0.2, -0.15) is 0 Å². The van der Waals surface area contributed by atoms with Crippen LogP contribution in [0.25, 0.3) is 11.0 Å². The molecule has 2 heterocycles. The Morgan fingerprint density at radius 3 is 2.68 bits per heavy atom. The van der Waals surface area contributed by atoms with E-state index in [0.717, 1.165) is 5.56 Å². The number of halogens is 1. The Kier molecular flexibility index (Phi) is 3.54. The summed E-state index contributed by atoms with van der Waals surface area (Å²) in [5.74, 6) is 0.337. The molecule has 6 heteroatoms. The molecule has 4 rings (SSSR count). The van der Waals surface area contributed by atoms with Crippen molar-refractivity contribution in [2.45, 2.75) is 6.04 Å².